The van der Waals surface area contributed by atoms with Crippen molar-refractivity contribution in [2.45, 2.75) is 32.2 Å². The zero-order valence-electron chi connectivity index (χ0n) is 14.5. The summed E-state index contributed by atoms with van der Waals surface area (Å²) in [6.07, 6.45) is 2.82. The summed E-state index contributed by atoms with van der Waals surface area (Å²) < 4.78 is 5.29. The standard InChI is InChI=1S/C20H24N2O3/c1-2-15(16-7-4-3-5-8-16)12-21-20(24)17-11-19(23)22(13-17)14-18-9-6-10-25-18/h3-10,15,17H,2,11-14H2,1H3,(H,21,24). The van der Waals surface area contributed by atoms with Gasteiger partial charge in [-0.25, -0.2) is 0 Å². The summed E-state index contributed by atoms with van der Waals surface area (Å²) in [5.41, 5.74) is 1.23. The fourth-order valence-electron chi connectivity index (χ4n) is 3.28. The molecule has 0 saturated carbocycles. The molecule has 1 aromatic heterocycles. The molecule has 2 amide bonds. The maximum Gasteiger partial charge on any atom is 0.225 e. The number of carbonyl (C=O) groups is 2. The molecule has 5 nitrogen and oxygen atoms in total. The van der Waals surface area contributed by atoms with Gasteiger partial charge >= 0.3 is 0 Å². The van der Waals surface area contributed by atoms with E-state index < -0.39 is 0 Å². The van der Waals surface area contributed by atoms with Crippen molar-refractivity contribution in [3.8, 4) is 0 Å². The van der Waals surface area contributed by atoms with Crippen LogP contribution in [0.3, 0.4) is 0 Å². The average Bonchev–Trinajstić information content (AvgIpc) is 3.27. The Morgan fingerprint density at radius 2 is 2.08 bits per heavy atom. The molecular formula is C20H24N2O3. The molecule has 1 saturated heterocycles. The third-order valence-electron chi connectivity index (χ3n) is 4.80. The van der Waals surface area contributed by atoms with E-state index in [0.29, 0.717) is 25.6 Å². The van der Waals surface area contributed by atoms with Crippen LogP contribution >= 0.6 is 0 Å². The summed E-state index contributed by atoms with van der Waals surface area (Å²) in [5.74, 6) is 0.720. The van der Waals surface area contributed by atoms with Gasteiger partial charge in [0, 0.05) is 25.4 Å². The van der Waals surface area contributed by atoms with E-state index in [9.17, 15) is 9.59 Å². The van der Waals surface area contributed by atoms with Gasteiger partial charge in [-0.05, 0) is 24.1 Å². The first-order valence-electron chi connectivity index (χ1n) is 8.80. The highest BCUT2D eigenvalue weighted by Crippen LogP contribution is 2.22. The molecule has 2 heterocycles. The first-order valence-corrected chi connectivity index (χ1v) is 8.80. The van der Waals surface area contributed by atoms with Gasteiger partial charge < -0.3 is 14.6 Å². The SMILES string of the molecule is CCC(CNC(=O)C1CC(=O)N(Cc2ccco2)C1)c1ccccc1. The van der Waals surface area contributed by atoms with Crippen LogP contribution in [0.1, 0.15) is 37.0 Å². The Labute approximate surface area is 148 Å². The van der Waals surface area contributed by atoms with Crippen LogP contribution in [0.25, 0.3) is 0 Å². The van der Waals surface area contributed by atoms with Crippen LogP contribution in [0.15, 0.2) is 53.1 Å². The number of hydrogen-bond acceptors (Lipinski definition) is 3. The fourth-order valence-corrected chi connectivity index (χ4v) is 3.28. The van der Waals surface area contributed by atoms with Crippen LogP contribution in [0.4, 0.5) is 0 Å². The van der Waals surface area contributed by atoms with E-state index in [1.54, 1.807) is 17.2 Å². The predicted molar refractivity (Wildman–Crippen MR) is 94.7 cm³/mol. The predicted octanol–water partition coefficient (Wildman–Crippen LogP) is 2.94. The van der Waals surface area contributed by atoms with E-state index >= 15 is 0 Å². The van der Waals surface area contributed by atoms with Crippen molar-refractivity contribution < 1.29 is 14.0 Å². The summed E-state index contributed by atoms with van der Waals surface area (Å²) in [6, 6.07) is 13.8. The number of rotatable bonds is 7. The van der Waals surface area contributed by atoms with E-state index in [4.69, 9.17) is 4.42 Å². The topological polar surface area (TPSA) is 62.6 Å². The third-order valence-corrected chi connectivity index (χ3v) is 4.80. The minimum Gasteiger partial charge on any atom is -0.467 e. The Kier molecular flexibility index (Phi) is 5.53. The molecule has 1 N–H and O–H groups in total. The molecule has 1 aliphatic rings. The molecule has 1 aliphatic heterocycles. The van der Waals surface area contributed by atoms with E-state index in [-0.39, 0.29) is 24.2 Å². The second kappa shape index (κ2) is 8.01. The Hall–Kier alpha value is -2.56. The number of carbonyl (C=O) groups excluding carboxylic acids is 2. The fraction of sp³-hybridized carbons (Fsp3) is 0.400. The van der Waals surface area contributed by atoms with Crippen molar-refractivity contribution in [2.75, 3.05) is 13.1 Å². The zero-order valence-corrected chi connectivity index (χ0v) is 14.5. The Bertz CT molecular complexity index is 697. The Morgan fingerprint density at radius 1 is 1.28 bits per heavy atom. The maximum absolute atomic E-state index is 12.5. The largest absolute Gasteiger partial charge is 0.467 e. The molecule has 3 rings (SSSR count). The number of benzene rings is 1. The number of nitrogens with zero attached hydrogens (tertiary/aromatic N) is 1. The van der Waals surface area contributed by atoms with E-state index in [1.165, 1.54) is 5.56 Å². The van der Waals surface area contributed by atoms with Crippen molar-refractivity contribution in [1.29, 1.82) is 0 Å². The van der Waals surface area contributed by atoms with Gasteiger partial charge in [-0.3, -0.25) is 9.59 Å². The van der Waals surface area contributed by atoms with Crippen LogP contribution in [0.2, 0.25) is 0 Å². The van der Waals surface area contributed by atoms with Gasteiger partial charge in [-0.15, -0.1) is 0 Å². The molecule has 2 unspecified atom stereocenters. The van der Waals surface area contributed by atoms with Crippen LogP contribution in [-0.2, 0) is 16.1 Å². The van der Waals surface area contributed by atoms with E-state index in [1.807, 2.05) is 24.3 Å². The second-order valence-corrected chi connectivity index (χ2v) is 6.52. The zero-order chi connectivity index (χ0) is 17.6. The smallest absolute Gasteiger partial charge is 0.225 e. The van der Waals surface area contributed by atoms with Gasteiger partial charge in [0.25, 0.3) is 0 Å². The highest BCUT2D eigenvalue weighted by atomic mass is 16.3. The quantitative estimate of drug-likeness (QED) is 0.843. The van der Waals surface area contributed by atoms with Crippen LogP contribution in [-0.4, -0.2) is 29.8 Å². The van der Waals surface area contributed by atoms with Crippen molar-refractivity contribution in [2.24, 2.45) is 5.92 Å². The molecule has 1 aromatic carbocycles. The first-order chi connectivity index (χ1) is 12.2. The van der Waals surface area contributed by atoms with Gasteiger partial charge in [-0.1, -0.05) is 37.3 Å². The molecule has 132 valence electrons. The lowest BCUT2D eigenvalue weighted by atomic mass is 9.96. The summed E-state index contributed by atoms with van der Waals surface area (Å²) in [7, 11) is 0. The van der Waals surface area contributed by atoms with Crippen molar-refractivity contribution in [1.82, 2.24) is 10.2 Å². The monoisotopic (exact) mass is 340 g/mol. The minimum absolute atomic E-state index is 0.00616. The van der Waals surface area contributed by atoms with Crippen LogP contribution in [0.5, 0.6) is 0 Å². The molecule has 2 atom stereocenters. The van der Waals surface area contributed by atoms with Gasteiger partial charge in [0.15, 0.2) is 0 Å². The minimum atomic E-state index is -0.282. The van der Waals surface area contributed by atoms with Gasteiger partial charge in [-0.2, -0.15) is 0 Å². The normalized spacial score (nSPS) is 18.4. The van der Waals surface area contributed by atoms with Crippen molar-refractivity contribution >= 4 is 11.8 Å². The van der Waals surface area contributed by atoms with Gasteiger partial charge in [0.1, 0.15) is 5.76 Å². The summed E-state index contributed by atoms with van der Waals surface area (Å²) in [5, 5.41) is 3.03. The van der Waals surface area contributed by atoms with Crippen LogP contribution < -0.4 is 5.32 Å². The van der Waals surface area contributed by atoms with E-state index in [2.05, 4.69) is 24.4 Å². The van der Waals surface area contributed by atoms with Gasteiger partial charge in [0.05, 0.1) is 18.7 Å². The van der Waals surface area contributed by atoms with Crippen molar-refractivity contribution in [3.63, 3.8) is 0 Å². The molecule has 0 radical (unpaired) electrons. The molecule has 0 spiro atoms. The number of furan rings is 1. The summed E-state index contributed by atoms with van der Waals surface area (Å²) >= 11 is 0. The molecule has 0 aliphatic carbocycles. The highest BCUT2D eigenvalue weighted by Gasteiger charge is 2.34. The molecule has 25 heavy (non-hydrogen) atoms. The lowest BCUT2D eigenvalue weighted by molar-refractivity contribution is -0.129. The Morgan fingerprint density at radius 3 is 2.76 bits per heavy atom. The average molecular weight is 340 g/mol. The number of nitrogens with one attached hydrogen (secondary N) is 1. The summed E-state index contributed by atoms with van der Waals surface area (Å²) in [4.78, 5) is 26.3. The highest BCUT2D eigenvalue weighted by molar-refractivity contribution is 5.89. The molecule has 2 aromatic rings. The maximum atomic E-state index is 12.5. The van der Waals surface area contributed by atoms with Crippen LogP contribution in [0, 0.1) is 5.92 Å². The number of likely N-dealkylation sites (tertiary alicyclic amines) is 1. The lowest BCUT2D eigenvalue weighted by Crippen LogP contribution is -2.35. The lowest BCUT2D eigenvalue weighted by Gasteiger charge is -2.18. The number of amides is 2. The van der Waals surface area contributed by atoms with Crippen molar-refractivity contribution in [3.05, 3.63) is 60.1 Å². The Balaban J connectivity index is 1.52. The number of hydrogen-bond donors (Lipinski definition) is 1. The molecule has 0 bridgehead atoms. The first kappa shape index (κ1) is 17.3. The molecular weight excluding hydrogens is 316 g/mol. The molecule has 5 heteroatoms. The summed E-state index contributed by atoms with van der Waals surface area (Å²) in [6.45, 7) is 3.60. The third kappa shape index (κ3) is 4.29. The van der Waals surface area contributed by atoms with E-state index in [0.717, 1.165) is 12.2 Å². The molecule has 1 fully saturated rings. The van der Waals surface area contributed by atoms with Gasteiger partial charge in [0.2, 0.25) is 11.8 Å². The second-order valence-electron chi connectivity index (χ2n) is 6.52.